The number of aryl methyl sites for hydroxylation is 1. The highest BCUT2D eigenvalue weighted by Crippen LogP contribution is 2.27. The minimum Gasteiger partial charge on any atom is -0.324 e. The molecule has 1 heterocycles. The number of piperidine rings is 1. The Morgan fingerprint density at radius 2 is 2.16 bits per heavy atom. The number of para-hydroxylation sites is 1. The summed E-state index contributed by atoms with van der Waals surface area (Å²) < 4.78 is 0. The number of carbonyl (C=O) groups is 1. The van der Waals surface area contributed by atoms with Crippen molar-refractivity contribution in [2.24, 2.45) is 0 Å². The van der Waals surface area contributed by atoms with Gasteiger partial charge >= 0.3 is 0 Å². The molecule has 0 radical (unpaired) electrons. The second-order valence-corrected chi connectivity index (χ2v) is 5.69. The summed E-state index contributed by atoms with van der Waals surface area (Å²) in [5.74, 6) is 0.519. The third kappa shape index (κ3) is 3.35. The molecular weight excluding hydrogens is 236 g/mol. The van der Waals surface area contributed by atoms with E-state index in [2.05, 4.69) is 49.6 Å². The Balaban J connectivity index is 2.15. The first-order valence-corrected chi connectivity index (χ1v) is 7.23. The lowest BCUT2D eigenvalue weighted by atomic mass is 9.97. The van der Waals surface area contributed by atoms with Crippen LogP contribution in [0.3, 0.4) is 0 Å². The first kappa shape index (κ1) is 14.1. The van der Waals surface area contributed by atoms with Gasteiger partial charge in [-0.3, -0.25) is 4.79 Å². The predicted octanol–water partition coefficient (Wildman–Crippen LogP) is 3.20. The molecule has 1 aliphatic heterocycles. The third-order valence-corrected chi connectivity index (χ3v) is 3.80. The van der Waals surface area contributed by atoms with Crippen LogP contribution in [0, 0.1) is 6.92 Å². The molecule has 0 aliphatic carbocycles. The maximum Gasteiger partial charge on any atom is 0.241 e. The normalized spacial score (nSPS) is 19.5. The van der Waals surface area contributed by atoms with Crippen LogP contribution in [0.1, 0.15) is 50.2 Å². The van der Waals surface area contributed by atoms with Crippen molar-refractivity contribution in [2.75, 3.05) is 11.9 Å². The molecule has 0 saturated carbocycles. The zero-order chi connectivity index (χ0) is 13.8. The molecular formula is C16H24N2O. The summed E-state index contributed by atoms with van der Waals surface area (Å²) in [6.07, 6.45) is 3.25. The van der Waals surface area contributed by atoms with Gasteiger partial charge in [-0.25, -0.2) is 0 Å². The van der Waals surface area contributed by atoms with Crippen LogP contribution in [0.2, 0.25) is 0 Å². The summed E-state index contributed by atoms with van der Waals surface area (Å²) in [6.45, 7) is 7.31. The van der Waals surface area contributed by atoms with Crippen molar-refractivity contribution in [3.8, 4) is 0 Å². The summed E-state index contributed by atoms with van der Waals surface area (Å²) >= 11 is 0. The van der Waals surface area contributed by atoms with Crippen LogP contribution in [0.25, 0.3) is 0 Å². The summed E-state index contributed by atoms with van der Waals surface area (Å²) in [5.41, 5.74) is 3.34. The molecule has 1 saturated heterocycles. The Kier molecular flexibility index (Phi) is 4.59. The first-order valence-electron chi connectivity index (χ1n) is 7.23. The lowest BCUT2D eigenvalue weighted by Crippen LogP contribution is -2.43. The van der Waals surface area contributed by atoms with E-state index in [1.54, 1.807) is 0 Å². The summed E-state index contributed by atoms with van der Waals surface area (Å²) in [6, 6.07) is 6.17. The highest BCUT2D eigenvalue weighted by molar-refractivity contribution is 5.96. The van der Waals surface area contributed by atoms with Crippen LogP contribution in [0.4, 0.5) is 5.69 Å². The Morgan fingerprint density at radius 3 is 2.79 bits per heavy atom. The van der Waals surface area contributed by atoms with E-state index < -0.39 is 0 Å². The van der Waals surface area contributed by atoms with Gasteiger partial charge in [0.2, 0.25) is 5.91 Å². The van der Waals surface area contributed by atoms with Gasteiger partial charge in [0.15, 0.2) is 0 Å². The van der Waals surface area contributed by atoms with Crippen LogP contribution in [-0.2, 0) is 4.79 Å². The van der Waals surface area contributed by atoms with E-state index in [0.717, 1.165) is 30.6 Å². The van der Waals surface area contributed by atoms with E-state index in [4.69, 9.17) is 0 Å². The molecule has 1 aliphatic rings. The van der Waals surface area contributed by atoms with Gasteiger partial charge in [-0.2, -0.15) is 0 Å². The fraction of sp³-hybridized carbons (Fsp3) is 0.562. The molecule has 1 atom stereocenters. The predicted molar refractivity (Wildman–Crippen MR) is 79.5 cm³/mol. The van der Waals surface area contributed by atoms with Crippen LogP contribution in [0.5, 0.6) is 0 Å². The van der Waals surface area contributed by atoms with E-state index in [9.17, 15) is 4.79 Å². The Hall–Kier alpha value is -1.35. The van der Waals surface area contributed by atoms with Crippen molar-refractivity contribution < 1.29 is 4.79 Å². The fourth-order valence-electron chi connectivity index (χ4n) is 2.63. The van der Waals surface area contributed by atoms with Crippen molar-refractivity contribution in [1.29, 1.82) is 0 Å². The monoisotopic (exact) mass is 260 g/mol. The minimum atomic E-state index is -0.0339. The molecule has 0 unspecified atom stereocenters. The standard InChI is InChI=1S/C16H24N2O/c1-11(2)13-8-6-7-12(3)15(13)18-16(19)14-9-4-5-10-17-14/h6-8,11,14,17H,4-5,9-10H2,1-3H3,(H,18,19)/t14-/m0/s1. The average molecular weight is 260 g/mol. The molecule has 1 fully saturated rings. The Labute approximate surface area is 115 Å². The maximum atomic E-state index is 12.3. The molecule has 1 aromatic rings. The van der Waals surface area contributed by atoms with E-state index in [1.165, 1.54) is 12.0 Å². The zero-order valence-electron chi connectivity index (χ0n) is 12.1. The molecule has 1 amide bonds. The average Bonchev–Trinajstić information content (AvgIpc) is 2.41. The summed E-state index contributed by atoms with van der Waals surface area (Å²) in [4.78, 5) is 12.3. The highest BCUT2D eigenvalue weighted by Gasteiger charge is 2.22. The largest absolute Gasteiger partial charge is 0.324 e. The van der Waals surface area contributed by atoms with Crippen LogP contribution < -0.4 is 10.6 Å². The second kappa shape index (κ2) is 6.20. The molecule has 19 heavy (non-hydrogen) atoms. The Morgan fingerprint density at radius 1 is 1.37 bits per heavy atom. The van der Waals surface area contributed by atoms with Gasteiger partial charge in [-0.1, -0.05) is 38.5 Å². The van der Waals surface area contributed by atoms with Crippen molar-refractivity contribution in [3.05, 3.63) is 29.3 Å². The topological polar surface area (TPSA) is 41.1 Å². The van der Waals surface area contributed by atoms with Gasteiger partial charge in [0.1, 0.15) is 0 Å². The summed E-state index contributed by atoms with van der Waals surface area (Å²) in [5, 5.41) is 6.42. The second-order valence-electron chi connectivity index (χ2n) is 5.69. The van der Waals surface area contributed by atoms with Crippen molar-refractivity contribution in [1.82, 2.24) is 5.32 Å². The van der Waals surface area contributed by atoms with Gasteiger partial charge < -0.3 is 10.6 Å². The van der Waals surface area contributed by atoms with Gasteiger partial charge in [-0.05, 0) is 43.4 Å². The number of amides is 1. The lowest BCUT2D eigenvalue weighted by molar-refractivity contribution is -0.118. The lowest BCUT2D eigenvalue weighted by Gasteiger charge is -2.24. The van der Waals surface area contributed by atoms with Crippen molar-refractivity contribution in [3.63, 3.8) is 0 Å². The number of benzene rings is 1. The number of hydrogen-bond acceptors (Lipinski definition) is 2. The zero-order valence-corrected chi connectivity index (χ0v) is 12.1. The van der Waals surface area contributed by atoms with E-state index >= 15 is 0 Å². The molecule has 3 heteroatoms. The number of hydrogen-bond donors (Lipinski definition) is 2. The molecule has 2 N–H and O–H groups in total. The molecule has 2 rings (SSSR count). The van der Waals surface area contributed by atoms with E-state index in [1.807, 2.05) is 0 Å². The van der Waals surface area contributed by atoms with Gasteiger partial charge in [0, 0.05) is 5.69 Å². The van der Waals surface area contributed by atoms with Gasteiger partial charge in [-0.15, -0.1) is 0 Å². The third-order valence-electron chi connectivity index (χ3n) is 3.80. The number of nitrogens with one attached hydrogen (secondary N) is 2. The van der Waals surface area contributed by atoms with E-state index in [-0.39, 0.29) is 11.9 Å². The first-order chi connectivity index (χ1) is 9.09. The van der Waals surface area contributed by atoms with Crippen LogP contribution in [0.15, 0.2) is 18.2 Å². The van der Waals surface area contributed by atoms with Gasteiger partial charge in [0.05, 0.1) is 6.04 Å². The maximum absolute atomic E-state index is 12.3. The van der Waals surface area contributed by atoms with Crippen molar-refractivity contribution >= 4 is 11.6 Å². The van der Waals surface area contributed by atoms with Crippen molar-refractivity contribution in [2.45, 2.75) is 52.0 Å². The molecule has 0 spiro atoms. The number of rotatable bonds is 3. The van der Waals surface area contributed by atoms with Crippen LogP contribution >= 0.6 is 0 Å². The smallest absolute Gasteiger partial charge is 0.241 e. The quantitative estimate of drug-likeness (QED) is 0.876. The molecule has 1 aromatic carbocycles. The number of carbonyl (C=O) groups excluding carboxylic acids is 1. The fourth-order valence-corrected chi connectivity index (χ4v) is 2.63. The minimum absolute atomic E-state index is 0.0339. The SMILES string of the molecule is Cc1cccc(C(C)C)c1NC(=O)[C@@H]1CCCCN1. The molecule has 104 valence electrons. The summed E-state index contributed by atoms with van der Waals surface area (Å²) in [7, 11) is 0. The Bertz CT molecular complexity index is 448. The highest BCUT2D eigenvalue weighted by atomic mass is 16.2. The number of anilines is 1. The molecule has 0 aromatic heterocycles. The van der Waals surface area contributed by atoms with Crippen LogP contribution in [-0.4, -0.2) is 18.5 Å². The van der Waals surface area contributed by atoms with Gasteiger partial charge in [0.25, 0.3) is 0 Å². The van der Waals surface area contributed by atoms with E-state index in [0.29, 0.717) is 5.92 Å². The molecule has 3 nitrogen and oxygen atoms in total. The molecule has 0 bridgehead atoms.